The number of amidine groups is 2. The summed E-state index contributed by atoms with van der Waals surface area (Å²) in [6, 6.07) is 34.3. The van der Waals surface area contributed by atoms with E-state index in [2.05, 4.69) is 155 Å². The molecule has 0 aliphatic heterocycles. The number of rotatable bonds is 8. The van der Waals surface area contributed by atoms with Crippen molar-refractivity contribution in [3.63, 3.8) is 0 Å². The van der Waals surface area contributed by atoms with Crippen LogP contribution in [0.1, 0.15) is 84.1 Å². The molecule has 6 aromatic rings. The highest BCUT2D eigenvalue weighted by Crippen LogP contribution is 2.35. The van der Waals surface area contributed by atoms with Crippen molar-refractivity contribution in [3.05, 3.63) is 181 Å². The molecular weight excluding hydrogens is 703 g/mol. The van der Waals surface area contributed by atoms with Crippen molar-refractivity contribution in [1.82, 2.24) is 0 Å². The summed E-state index contributed by atoms with van der Waals surface area (Å²) < 4.78 is 7.47. The van der Waals surface area contributed by atoms with Gasteiger partial charge in [-0.15, -0.1) is 11.3 Å². The van der Waals surface area contributed by atoms with Crippen LogP contribution in [0.3, 0.4) is 0 Å². The number of nitrogens with zero attached hydrogens (tertiary/aromatic N) is 2. The molecule has 8 rings (SSSR count). The lowest BCUT2D eigenvalue weighted by Crippen LogP contribution is -2.29. The molecule has 56 heavy (non-hydrogen) atoms. The number of aliphatic imine (C=N–C) groups is 2. The fourth-order valence-electron chi connectivity index (χ4n) is 8.04. The number of benzene rings is 4. The van der Waals surface area contributed by atoms with Crippen LogP contribution in [-0.4, -0.2) is 11.7 Å². The zero-order valence-corrected chi connectivity index (χ0v) is 33.4. The molecule has 0 bridgehead atoms. The molecule has 0 fully saturated rings. The van der Waals surface area contributed by atoms with Gasteiger partial charge in [-0.2, -0.15) is 0 Å². The molecule has 4 nitrogen and oxygen atoms in total. The summed E-state index contributed by atoms with van der Waals surface area (Å²) in [4.78, 5) is 11.7. The van der Waals surface area contributed by atoms with E-state index in [-0.39, 0.29) is 5.92 Å². The van der Waals surface area contributed by atoms with E-state index in [9.17, 15) is 0 Å². The lowest BCUT2D eigenvalue weighted by Gasteiger charge is -2.19. The molecule has 0 radical (unpaired) electrons. The van der Waals surface area contributed by atoms with Gasteiger partial charge in [0.15, 0.2) is 5.84 Å². The first-order valence-electron chi connectivity index (χ1n) is 19.6. The van der Waals surface area contributed by atoms with E-state index >= 15 is 0 Å². The number of fused-ring (bicyclic) bond motifs is 4. The van der Waals surface area contributed by atoms with Gasteiger partial charge in [-0.1, -0.05) is 127 Å². The summed E-state index contributed by atoms with van der Waals surface area (Å²) >= 11 is 1.84. The second-order valence-corrected chi connectivity index (χ2v) is 15.5. The van der Waals surface area contributed by atoms with Gasteiger partial charge in [-0.05, 0) is 104 Å². The van der Waals surface area contributed by atoms with Gasteiger partial charge in [-0.25, -0.2) is 4.99 Å². The largest absolute Gasteiger partial charge is 0.456 e. The second-order valence-electron chi connectivity index (χ2n) is 14.4. The van der Waals surface area contributed by atoms with Gasteiger partial charge >= 0.3 is 0 Å². The first-order valence-corrected chi connectivity index (χ1v) is 20.4. The van der Waals surface area contributed by atoms with Crippen molar-refractivity contribution in [2.75, 3.05) is 0 Å². The Hall–Kier alpha value is -6.04. The molecule has 2 aromatic heterocycles. The van der Waals surface area contributed by atoms with Gasteiger partial charge in [0.1, 0.15) is 17.2 Å². The Balaban J connectivity index is 1.19. The van der Waals surface area contributed by atoms with Crippen molar-refractivity contribution < 1.29 is 4.42 Å². The van der Waals surface area contributed by atoms with Gasteiger partial charge in [0, 0.05) is 42.6 Å². The molecule has 0 amide bonds. The van der Waals surface area contributed by atoms with Gasteiger partial charge < -0.3 is 10.2 Å². The first-order chi connectivity index (χ1) is 27.4. The Morgan fingerprint density at radius 3 is 2.50 bits per heavy atom. The molecule has 0 saturated carbocycles. The Kier molecular flexibility index (Phi) is 10.8. The van der Waals surface area contributed by atoms with Gasteiger partial charge in [0.05, 0.1) is 6.54 Å². The molecule has 0 saturated heterocycles. The van der Waals surface area contributed by atoms with Crippen LogP contribution in [0, 0.1) is 0 Å². The number of furan rings is 1. The first kappa shape index (κ1) is 36.9. The van der Waals surface area contributed by atoms with Crippen LogP contribution in [-0.2, 0) is 19.4 Å². The van der Waals surface area contributed by atoms with Gasteiger partial charge in [0.25, 0.3) is 0 Å². The van der Waals surface area contributed by atoms with E-state index in [1.54, 1.807) is 0 Å². The number of nitrogens with two attached hydrogens (primary N) is 1. The number of thiophene rings is 1. The Morgan fingerprint density at radius 1 is 0.893 bits per heavy atom. The minimum Gasteiger partial charge on any atom is -0.456 e. The van der Waals surface area contributed by atoms with Crippen LogP contribution in [0.15, 0.2) is 142 Å². The quantitative estimate of drug-likeness (QED) is 0.0957. The Morgan fingerprint density at radius 2 is 1.71 bits per heavy atom. The molecule has 5 heteroatoms. The van der Waals surface area contributed by atoms with Crippen LogP contribution in [0.5, 0.6) is 0 Å². The lowest BCUT2D eigenvalue weighted by atomic mass is 9.85. The van der Waals surface area contributed by atoms with E-state index in [1.165, 1.54) is 53.6 Å². The summed E-state index contributed by atoms with van der Waals surface area (Å²) in [6.07, 6.45) is 20.3. The predicted molar refractivity (Wildman–Crippen MR) is 240 cm³/mol. The topological polar surface area (TPSA) is 63.9 Å². The van der Waals surface area contributed by atoms with E-state index < -0.39 is 0 Å². The lowest BCUT2D eigenvalue weighted by molar-refractivity contribution is 0.595. The molecule has 278 valence electrons. The molecule has 0 spiro atoms. The highest BCUT2D eigenvalue weighted by Gasteiger charge is 2.23. The third-order valence-corrected chi connectivity index (χ3v) is 12.2. The molecule has 2 heterocycles. The van der Waals surface area contributed by atoms with E-state index in [0.29, 0.717) is 18.2 Å². The third-order valence-electron chi connectivity index (χ3n) is 10.9. The van der Waals surface area contributed by atoms with Crippen molar-refractivity contribution in [1.29, 1.82) is 0 Å². The summed E-state index contributed by atoms with van der Waals surface area (Å²) in [6.45, 7) is 8.93. The second kappa shape index (κ2) is 16.4. The smallest absolute Gasteiger partial charge is 0.153 e. The number of aryl methyl sites for hydroxylation is 1. The molecule has 2 aliphatic carbocycles. The van der Waals surface area contributed by atoms with Crippen LogP contribution in [0.25, 0.3) is 51.5 Å². The zero-order chi connectivity index (χ0) is 38.6. The molecule has 1 atom stereocenters. The van der Waals surface area contributed by atoms with Gasteiger partial charge in [0.2, 0.25) is 0 Å². The van der Waals surface area contributed by atoms with Crippen molar-refractivity contribution in [2.45, 2.75) is 59.4 Å². The summed E-state index contributed by atoms with van der Waals surface area (Å²) in [5.41, 5.74) is 19.6. The highest BCUT2D eigenvalue weighted by atomic mass is 32.1. The molecule has 4 aromatic carbocycles. The SMILES string of the molecule is C/C=C\C(=C/C)c1ccc(-c2cccc(C3C=Cc4sc(=C/C)/c(=C(\C)C(=NCc5ccccc5)N=C(N)c5cccc6oc7c(c56)CCC=C7)c4C3)c2)cc1. The molecule has 2 N–H and O–H groups in total. The fourth-order valence-corrected chi connectivity index (χ4v) is 9.22. The van der Waals surface area contributed by atoms with Crippen LogP contribution in [0.4, 0.5) is 0 Å². The summed E-state index contributed by atoms with van der Waals surface area (Å²) in [5.74, 6) is 2.23. The van der Waals surface area contributed by atoms with E-state index in [4.69, 9.17) is 20.1 Å². The van der Waals surface area contributed by atoms with Gasteiger partial charge in [-0.3, -0.25) is 4.99 Å². The van der Waals surface area contributed by atoms with Crippen LogP contribution >= 0.6 is 11.3 Å². The standard InChI is InChI=1S/C51H47N3OS/c1-5-15-35(6-2)36-24-26-37(27-25-36)38-18-13-19-39(30-38)40-28-29-47-43(31-40)48(46(7-3)56-47)33(4)51(53-32-34-16-9-8-10-17-34)54-50(52)42-21-14-23-45-49(42)41-20-11-12-22-44(41)55-45/h5-10,12-19,21-30,40H,11,20,31-32H2,1-4H3,(H2,52,53,54)/b15-5-,35-6+,46-7+,48-33+. The minimum absolute atomic E-state index is 0.231. The number of allylic oxidation sites excluding steroid dienone is 6. The Bertz CT molecular complexity index is 2730. The average molecular weight is 750 g/mol. The number of hydrogen-bond acceptors (Lipinski definition) is 3. The van der Waals surface area contributed by atoms with Crippen LogP contribution < -0.4 is 15.5 Å². The van der Waals surface area contributed by atoms with Crippen molar-refractivity contribution in [2.24, 2.45) is 15.7 Å². The minimum atomic E-state index is 0.231. The monoisotopic (exact) mass is 749 g/mol. The average Bonchev–Trinajstić information content (AvgIpc) is 3.82. The molecule has 1 unspecified atom stereocenters. The number of hydrogen-bond donors (Lipinski definition) is 1. The Labute approximate surface area is 333 Å². The van der Waals surface area contributed by atoms with E-state index in [0.717, 1.165) is 52.7 Å². The maximum absolute atomic E-state index is 7.00. The zero-order valence-electron chi connectivity index (χ0n) is 32.6. The predicted octanol–water partition coefficient (Wildman–Crippen LogP) is 11.4. The van der Waals surface area contributed by atoms with Crippen molar-refractivity contribution >= 4 is 63.4 Å². The fraction of sp³-hybridized carbons (Fsp3) is 0.176. The van der Waals surface area contributed by atoms with Crippen molar-refractivity contribution in [3.8, 4) is 11.1 Å². The summed E-state index contributed by atoms with van der Waals surface area (Å²) in [5, 5.41) is 2.26. The molecular formula is C51H47N3OS. The third kappa shape index (κ3) is 7.35. The normalized spacial score (nSPS) is 16.8. The summed E-state index contributed by atoms with van der Waals surface area (Å²) in [7, 11) is 0. The van der Waals surface area contributed by atoms with E-state index in [1.807, 2.05) is 29.5 Å². The maximum atomic E-state index is 7.00. The highest BCUT2D eigenvalue weighted by molar-refractivity contribution is 7.11. The molecule has 2 aliphatic rings. The maximum Gasteiger partial charge on any atom is 0.153 e. The van der Waals surface area contributed by atoms with Crippen LogP contribution in [0.2, 0.25) is 0 Å².